The largest absolute Gasteiger partial charge is 0.495 e. The lowest BCUT2D eigenvalue weighted by atomic mass is 10.1. The van der Waals surface area contributed by atoms with Crippen molar-refractivity contribution >= 4 is 44.2 Å². The number of anilines is 2. The molecule has 1 unspecified atom stereocenters. The van der Waals surface area contributed by atoms with E-state index in [1.807, 2.05) is 6.07 Å². The Bertz CT molecular complexity index is 1250. The molecule has 0 saturated carbocycles. The van der Waals surface area contributed by atoms with Gasteiger partial charge in [0.15, 0.2) is 5.13 Å². The highest BCUT2D eigenvalue weighted by molar-refractivity contribution is 7.22. The molecule has 1 aromatic heterocycles. The Hall–Kier alpha value is -3.28. The predicted molar refractivity (Wildman–Crippen MR) is 144 cm³/mol. The van der Waals surface area contributed by atoms with Crippen LogP contribution < -0.4 is 19.3 Å². The van der Waals surface area contributed by atoms with Crippen LogP contribution in [0.3, 0.4) is 0 Å². The molecule has 202 valence electrons. The molecule has 2 aliphatic rings. The van der Waals surface area contributed by atoms with Crippen LogP contribution in [0.15, 0.2) is 36.4 Å². The van der Waals surface area contributed by atoms with E-state index in [4.69, 9.17) is 19.2 Å². The number of nitrogens with zero attached hydrogens (tertiary/aromatic N) is 4. The van der Waals surface area contributed by atoms with Gasteiger partial charge in [0.25, 0.3) is 0 Å². The number of amides is 2. The minimum absolute atomic E-state index is 0.0910. The minimum atomic E-state index is -0.535. The molecule has 9 nitrogen and oxygen atoms in total. The minimum Gasteiger partial charge on any atom is -0.495 e. The lowest BCUT2D eigenvalue weighted by Gasteiger charge is -2.28. The number of halogens is 1. The molecule has 3 heterocycles. The number of morpholine rings is 1. The Kier molecular flexibility index (Phi) is 8.06. The summed E-state index contributed by atoms with van der Waals surface area (Å²) < 4.78 is 30.7. The fraction of sp³-hybridized carbons (Fsp3) is 0.444. The van der Waals surface area contributed by atoms with Gasteiger partial charge in [-0.2, -0.15) is 0 Å². The highest BCUT2D eigenvalue weighted by Crippen LogP contribution is 2.41. The van der Waals surface area contributed by atoms with Crippen molar-refractivity contribution in [1.29, 1.82) is 0 Å². The van der Waals surface area contributed by atoms with Crippen molar-refractivity contribution in [1.82, 2.24) is 9.88 Å². The molecular weight excluding hydrogens is 511 g/mol. The zero-order chi connectivity index (χ0) is 26.6. The Morgan fingerprint density at radius 2 is 1.84 bits per heavy atom. The molecule has 38 heavy (non-hydrogen) atoms. The van der Waals surface area contributed by atoms with Gasteiger partial charge in [0, 0.05) is 44.8 Å². The van der Waals surface area contributed by atoms with Gasteiger partial charge in [0.05, 0.1) is 33.4 Å². The Morgan fingerprint density at radius 1 is 1.13 bits per heavy atom. The molecule has 1 atom stereocenters. The van der Waals surface area contributed by atoms with E-state index in [-0.39, 0.29) is 30.6 Å². The normalized spacial score (nSPS) is 18.2. The van der Waals surface area contributed by atoms with Crippen molar-refractivity contribution in [3.8, 4) is 11.5 Å². The summed E-state index contributed by atoms with van der Waals surface area (Å²) in [6.45, 7) is 4.69. The molecule has 0 radical (unpaired) electrons. The number of hydrogen-bond acceptors (Lipinski definition) is 8. The van der Waals surface area contributed by atoms with E-state index >= 15 is 0 Å². The van der Waals surface area contributed by atoms with Crippen LogP contribution in [0.25, 0.3) is 10.2 Å². The highest BCUT2D eigenvalue weighted by Gasteiger charge is 2.38. The average Bonchev–Trinajstić information content (AvgIpc) is 3.55. The quantitative estimate of drug-likeness (QED) is 0.409. The summed E-state index contributed by atoms with van der Waals surface area (Å²) in [5.41, 5.74) is 1.22. The summed E-state index contributed by atoms with van der Waals surface area (Å²) in [5, 5.41) is 0.544. The smallest absolute Gasteiger partial charge is 0.234 e. The summed E-state index contributed by atoms with van der Waals surface area (Å²) >= 11 is 1.37. The number of carbonyl (C=O) groups excluding carboxylic acids is 2. The van der Waals surface area contributed by atoms with Crippen LogP contribution in [0.1, 0.15) is 12.8 Å². The highest BCUT2D eigenvalue weighted by atomic mass is 32.1. The van der Waals surface area contributed by atoms with E-state index in [9.17, 15) is 14.0 Å². The first-order valence-electron chi connectivity index (χ1n) is 12.7. The maximum Gasteiger partial charge on any atom is 0.234 e. The number of hydrogen-bond donors (Lipinski definition) is 0. The summed E-state index contributed by atoms with van der Waals surface area (Å²) in [4.78, 5) is 37.2. The fourth-order valence-electron chi connectivity index (χ4n) is 4.93. The van der Waals surface area contributed by atoms with Gasteiger partial charge in [-0.15, -0.1) is 0 Å². The predicted octanol–water partition coefficient (Wildman–Crippen LogP) is 3.56. The van der Waals surface area contributed by atoms with Crippen molar-refractivity contribution in [3.05, 3.63) is 42.2 Å². The maximum absolute atomic E-state index is 13.9. The number of thiazole rings is 1. The standard InChI is InChI=1S/C27H31FN4O5S/c1-35-21-8-9-22(36-2)25-24(21)29-27(38-25)31(11-3-10-30-12-14-37-15-13-30)26(34)18-16-23(33)32(17-18)20-6-4-19(28)5-7-20/h4-9,18H,3,10-17H2,1-2H3. The van der Waals surface area contributed by atoms with Gasteiger partial charge in [0.1, 0.15) is 27.5 Å². The molecule has 2 saturated heterocycles. The van der Waals surface area contributed by atoms with Gasteiger partial charge < -0.3 is 19.1 Å². The van der Waals surface area contributed by atoms with Crippen LogP contribution in [-0.2, 0) is 14.3 Å². The number of fused-ring (bicyclic) bond motifs is 1. The number of ether oxygens (including phenoxy) is 3. The van der Waals surface area contributed by atoms with Crippen LogP contribution in [0.4, 0.5) is 15.2 Å². The second kappa shape index (κ2) is 11.6. The van der Waals surface area contributed by atoms with Crippen molar-refractivity contribution in [2.24, 2.45) is 5.92 Å². The number of aromatic nitrogens is 1. The third-order valence-electron chi connectivity index (χ3n) is 6.97. The van der Waals surface area contributed by atoms with E-state index in [2.05, 4.69) is 4.90 Å². The first-order valence-corrected chi connectivity index (χ1v) is 13.5. The van der Waals surface area contributed by atoms with E-state index in [1.165, 1.54) is 23.5 Å². The SMILES string of the molecule is COc1ccc(OC)c2sc(N(CCCN3CCOCC3)C(=O)C3CC(=O)N(c4ccc(F)cc4)C3)nc12. The Morgan fingerprint density at radius 3 is 2.55 bits per heavy atom. The van der Waals surface area contributed by atoms with Crippen molar-refractivity contribution in [2.75, 3.05) is 70.0 Å². The molecule has 3 aromatic rings. The zero-order valence-electron chi connectivity index (χ0n) is 21.5. The van der Waals surface area contributed by atoms with E-state index < -0.39 is 5.92 Å². The summed E-state index contributed by atoms with van der Waals surface area (Å²) in [6.07, 6.45) is 0.839. The Balaban J connectivity index is 1.41. The first-order chi connectivity index (χ1) is 18.5. The third kappa shape index (κ3) is 5.45. The van der Waals surface area contributed by atoms with Gasteiger partial charge >= 0.3 is 0 Å². The Labute approximate surface area is 224 Å². The van der Waals surface area contributed by atoms with Gasteiger partial charge in [-0.25, -0.2) is 9.37 Å². The van der Waals surface area contributed by atoms with Gasteiger partial charge in [0.2, 0.25) is 11.8 Å². The number of methoxy groups -OCH3 is 2. The van der Waals surface area contributed by atoms with E-state index in [0.717, 1.165) is 30.8 Å². The maximum atomic E-state index is 13.9. The van der Waals surface area contributed by atoms with Crippen LogP contribution in [0.2, 0.25) is 0 Å². The second-order valence-corrected chi connectivity index (χ2v) is 10.3. The summed E-state index contributed by atoms with van der Waals surface area (Å²) in [5.74, 6) is 0.0389. The van der Waals surface area contributed by atoms with Crippen LogP contribution in [0, 0.1) is 11.7 Å². The lowest BCUT2D eigenvalue weighted by molar-refractivity contribution is -0.124. The molecule has 0 spiro atoms. The molecule has 0 N–H and O–H groups in total. The van der Waals surface area contributed by atoms with Crippen molar-refractivity contribution in [2.45, 2.75) is 12.8 Å². The molecular formula is C27H31FN4O5S. The fourth-order valence-corrected chi connectivity index (χ4v) is 6.04. The van der Waals surface area contributed by atoms with Gasteiger partial charge in [-0.1, -0.05) is 11.3 Å². The molecule has 5 rings (SSSR count). The lowest BCUT2D eigenvalue weighted by Crippen LogP contribution is -2.41. The zero-order valence-corrected chi connectivity index (χ0v) is 22.3. The average molecular weight is 543 g/mol. The van der Waals surface area contributed by atoms with E-state index in [1.54, 1.807) is 42.2 Å². The third-order valence-corrected chi connectivity index (χ3v) is 8.06. The second-order valence-electron chi connectivity index (χ2n) is 9.32. The van der Waals surface area contributed by atoms with Crippen LogP contribution in [-0.4, -0.2) is 81.9 Å². The molecule has 2 aromatic carbocycles. The molecule has 0 aliphatic carbocycles. The topological polar surface area (TPSA) is 84.4 Å². The monoisotopic (exact) mass is 542 g/mol. The summed E-state index contributed by atoms with van der Waals surface area (Å²) in [7, 11) is 3.18. The molecule has 2 aliphatic heterocycles. The molecule has 0 bridgehead atoms. The van der Waals surface area contributed by atoms with Crippen LogP contribution in [0.5, 0.6) is 11.5 Å². The molecule has 2 amide bonds. The summed E-state index contributed by atoms with van der Waals surface area (Å²) in [6, 6.07) is 9.38. The first kappa shape index (κ1) is 26.3. The number of benzene rings is 2. The number of rotatable bonds is 9. The van der Waals surface area contributed by atoms with Gasteiger partial charge in [-0.05, 0) is 42.8 Å². The molecule has 11 heteroatoms. The molecule has 2 fully saturated rings. The number of carbonyl (C=O) groups is 2. The van der Waals surface area contributed by atoms with Gasteiger partial charge in [-0.3, -0.25) is 19.4 Å². The van der Waals surface area contributed by atoms with Crippen LogP contribution >= 0.6 is 11.3 Å². The van der Waals surface area contributed by atoms with E-state index in [0.29, 0.717) is 47.6 Å². The van der Waals surface area contributed by atoms with Crippen molar-refractivity contribution < 1.29 is 28.2 Å². The van der Waals surface area contributed by atoms with Crippen molar-refractivity contribution in [3.63, 3.8) is 0 Å².